The minimum Gasteiger partial charge on any atom is -0.492 e. The first kappa shape index (κ1) is 67.3. The number of Topliss-reactive ketones (excluding diaryl/α,β-unsaturated/α-hetero) is 1. The number of aliphatic hydroxyl groups excluding tert-OH is 5. The average Bonchev–Trinajstić information content (AvgIpc) is 1.28. The van der Waals surface area contributed by atoms with Gasteiger partial charge in [-0.1, -0.05) is 48.4 Å². The summed E-state index contributed by atoms with van der Waals surface area (Å²) in [6, 6.07) is -1.59. The van der Waals surface area contributed by atoms with Crippen LogP contribution in [0, 0.1) is 46.0 Å². The lowest BCUT2D eigenvalue weighted by atomic mass is 9.69. The van der Waals surface area contributed by atoms with E-state index in [1.165, 1.54) is 47.5 Å². The van der Waals surface area contributed by atoms with Crippen molar-refractivity contribution in [3.05, 3.63) is 49.6 Å². The van der Waals surface area contributed by atoms with Crippen LogP contribution in [0.2, 0.25) is 0 Å². The number of ether oxygens (including phenoxy) is 10. The summed E-state index contributed by atoms with van der Waals surface area (Å²) in [5, 5.41) is 67.9. The monoisotopic (exact) mass is 1310 g/mol. The van der Waals surface area contributed by atoms with Crippen molar-refractivity contribution in [3.63, 3.8) is 0 Å². The second-order valence-corrected chi connectivity index (χ2v) is 24.0. The summed E-state index contributed by atoms with van der Waals surface area (Å²) in [7, 11) is 5.25. The Labute approximate surface area is 507 Å². The van der Waals surface area contributed by atoms with Gasteiger partial charge in [-0.05, 0) is 100 Å². The number of allylic oxidation sites excluding steroid dienone is 3. The maximum Gasteiger partial charge on any atom is 0.310 e. The maximum absolute atomic E-state index is 14.5. The van der Waals surface area contributed by atoms with Gasteiger partial charge in [-0.3, -0.25) is 24.0 Å². The predicted molar refractivity (Wildman–Crippen MR) is 310 cm³/mol. The number of esters is 1. The third kappa shape index (κ3) is 13.9. The molecule has 4 heterocycles. The molecule has 0 spiro atoms. The molecule has 464 valence electrons. The molecule has 1 aromatic rings. The van der Waals surface area contributed by atoms with E-state index in [0.29, 0.717) is 22.1 Å². The number of carbonyl (C=O) groups excluding carboxylic acids is 4. The van der Waals surface area contributed by atoms with E-state index in [0.717, 1.165) is 11.8 Å². The molecular formula is C59H79IN2O21S. The number of rotatable bonds is 19. The highest BCUT2D eigenvalue weighted by Gasteiger charge is 2.56. The van der Waals surface area contributed by atoms with Gasteiger partial charge in [0.2, 0.25) is 23.1 Å². The Morgan fingerprint density at radius 2 is 1.60 bits per heavy atom. The van der Waals surface area contributed by atoms with E-state index in [1.54, 1.807) is 45.6 Å². The fourth-order valence-electron chi connectivity index (χ4n) is 12.0. The van der Waals surface area contributed by atoms with Gasteiger partial charge < -0.3 is 82.9 Å². The molecule has 0 aromatic heterocycles. The van der Waals surface area contributed by atoms with Crippen molar-refractivity contribution < 1.29 is 102 Å². The molecule has 1 amide bonds. The van der Waals surface area contributed by atoms with Gasteiger partial charge in [0.15, 0.2) is 41.1 Å². The molecule has 6 aliphatic rings. The Bertz CT molecular complexity index is 2820. The van der Waals surface area contributed by atoms with E-state index < -0.39 is 144 Å². The second kappa shape index (κ2) is 28.7. The van der Waals surface area contributed by atoms with Crippen LogP contribution in [0.5, 0.6) is 17.2 Å². The molecule has 7 N–H and O–H groups in total. The van der Waals surface area contributed by atoms with Crippen LogP contribution in [-0.4, -0.2) is 209 Å². The van der Waals surface area contributed by atoms with Gasteiger partial charge in [0.05, 0.1) is 110 Å². The van der Waals surface area contributed by atoms with E-state index in [2.05, 4.69) is 29.2 Å². The number of halogens is 1. The van der Waals surface area contributed by atoms with E-state index in [1.807, 2.05) is 36.4 Å². The average molecular weight is 1310 g/mol. The molecule has 4 saturated heterocycles. The number of amides is 1. The summed E-state index contributed by atoms with van der Waals surface area (Å²) in [5.41, 5.74) is -0.157. The Morgan fingerprint density at radius 3 is 2.20 bits per heavy atom. The molecule has 25 heteroatoms. The molecule has 2 aliphatic carbocycles. The third-order valence-corrected chi connectivity index (χ3v) is 19.0. The summed E-state index contributed by atoms with van der Waals surface area (Å²) >= 11 is 2.81. The Balaban J connectivity index is 1.15. The normalized spacial score (nSPS) is 36.8. The van der Waals surface area contributed by atoms with Gasteiger partial charge in [-0.25, -0.2) is 0 Å². The standard InChI is InChI=1S/C59H79IN2O21S/c1-13-19-35-44-34(23-40(67)73-9)38(66)25-59(35,72)21-18-16-15-17-20-58(44,8)82-56-43(39-22-33(26-63)36(27-77-39)62(14-2)32(7)64)48(69)46(29(4)79-56)61-83-41-24-37(65)54(31(6)78-41)84-55(71)42-28(3)45(60)51(53(76-12)50(42)74-10)81-57-49(70)52(75-11)47(68)30(5)80-57/h15-16,19,29-31,33,36-37,39,41,43,46-49,52,54,56-57,61,63,65,68-70,72H,13-14,22-27H2,1-12H3/b16-15-,35-19+/t29?,30?,31?,33?,36?,37?,39?,41?,43?,46?,47?,48?,49?,52?,54?,56?,57?,58-,59+/m0/s1. The number of thioether (sulfide) groups is 1. The summed E-state index contributed by atoms with van der Waals surface area (Å²) in [5.74, 6) is 8.60. The first-order chi connectivity index (χ1) is 39.9. The summed E-state index contributed by atoms with van der Waals surface area (Å²) < 4.78 is 61.0. The van der Waals surface area contributed by atoms with Crippen LogP contribution in [0.3, 0.4) is 0 Å². The number of ketones is 1. The van der Waals surface area contributed by atoms with Crippen LogP contribution in [0.4, 0.5) is 0 Å². The molecule has 4 fully saturated rings. The molecule has 0 radical (unpaired) electrons. The maximum atomic E-state index is 14.5. The molecule has 19 atom stereocenters. The highest BCUT2D eigenvalue weighted by Crippen LogP contribution is 2.50. The molecule has 1 aromatic carbocycles. The van der Waals surface area contributed by atoms with Crippen molar-refractivity contribution in [2.75, 3.05) is 48.2 Å². The number of methoxy groups -OCH3 is 4. The number of fused-ring (bicyclic) bond motifs is 2. The van der Waals surface area contributed by atoms with Gasteiger partial charge >= 0.3 is 5.97 Å². The number of aliphatic hydroxyl groups is 6. The number of hydrogen-bond donors (Lipinski definition) is 7. The lowest BCUT2D eigenvalue weighted by Crippen LogP contribution is -2.65. The number of nitrogens with zero attached hydrogens (tertiary/aromatic N) is 1. The van der Waals surface area contributed by atoms with Gasteiger partial charge in [0.25, 0.3) is 0 Å². The van der Waals surface area contributed by atoms with Crippen LogP contribution in [-0.2, 0) is 52.4 Å². The second-order valence-electron chi connectivity index (χ2n) is 21.7. The van der Waals surface area contributed by atoms with Crippen molar-refractivity contribution >= 4 is 57.1 Å². The highest BCUT2D eigenvalue weighted by molar-refractivity contribution is 14.1. The van der Waals surface area contributed by atoms with Crippen LogP contribution < -0.4 is 19.7 Å². The molecular weight excluding hydrogens is 1230 g/mol. The SMILES string of the molecule is CC/C=C1\C2=C(CC(=O)OC)C(=O)C[C@]1(O)C#C/C=C\C#C[C@]2(C)OC1OC(C)C(NOC2CC(O)C(SC(=O)c3c(C)c(I)c(OC4OC(C)C(O)C(OC)C4O)c(OC)c3OC)C(C)O2)C(O)C1C1CC(CO)C(N(CC)C(C)=O)CO1. The summed E-state index contributed by atoms with van der Waals surface area (Å²) in [4.78, 5) is 62.3. The Morgan fingerprint density at radius 1 is 0.917 bits per heavy atom. The number of benzene rings is 1. The quantitative estimate of drug-likeness (QED) is 0.0453. The van der Waals surface area contributed by atoms with Crippen LogP contribution in [0.1, 0.15) is 96.5 Å². The lowest BCUT2D eigenvalue weighted by Gasteiger charge is -2.51. The zero-order valence-electron chi connectivity index (χ0n) is 49.2. The topological polar surface area (TPSA) is 306 Å². The summed E-state index contributed by atoms with van der Waals surface area (Å²) in [6.07, 6.45) is -9.63. The zero-order valence-corrected chi connectivity index (χ0v) is 52.2. The molecule has 7 rings (SSSR count). The molecule has 23 nitrogen and oxygen atoms in total. The molecule has 2 bridgehead atoms. The number of carbonyl (C=O) groups is 4. The highest BCUT2D eigenvalue weighted by atomic mass is 127. The van der Waals surface area contributed by atoms with Gasteiger partial charge in [-0.15, -0.1) is 0 Å². The van der Waals surface area contributed by atoms with Crippen molar-refractivity contribution in [3.8, 4) is 40.9 Å². The predicted octanol–water partition coefficient (Wildman–Crippen LogP) is 2.71. The van der Waals surface area contributed by atoms with Crippen LogP contribution in [0.15, 0.2) is 34.9 Å². The molecule has 17 unspecified atom stereocenters. The minimum atomic E-state index is -2.03. The van der Waals surface area contributed by atoms with Crippen molar-refractivity contribution in [2.24, 2.45) is 11.8 Å². The smallest absolute Gasteiger partial charge is 0.310 e. The Hall–Kier alpha value is -4.24. The number of hydroxylamine groups is 1. The van der Waals surface area contributed by atoms with E-state index in [9.17, 15) is 49.8 Å². The fraction of sp³-hybridized carbons (Fsp3) is 0.661. The number of likely N-dealkylation sites (N-methyl/N-ethyl adjacent to an activating group) is 1. The van der Waals surface area contributed by atoms with Crippen molar-refractivity contribution in [1.29, 1.82) is 0 Å². The molecule has 0 saturated carbocycles. The van der Waals surface area contributed by atoms with Crippen LogP contribution in [0.25, 0.3) is 0 Å². The van der Waals surface area contributed by atoms with Crippen LogP contribution >= 0.6 is 34.4 Å². The first-order valence-electron chi connectivity index (χ1n) is 28.0. The van der Waals surface area contributed by atoms with E-state index in [-0.39, 0.29) is 71.5 Å². The Kier molecular flexibility index (Phi) is 23.0. The zero-order chi connectivity index (χ0) is 61.7. The molecule has 4 aliphatic heterocycles. The van der Waals surface area contributed by atoms with Crippen molar-refractivity contribution in [2.45, 2.75) is 190 Å². The van der Waals surface area contributed by atoms with Crippen molar-refractivity contribution in [1.82, 2.24) is 10.4 Å². The van der Waals surface area contributed by atoms with Gasteiger partial charge in [0.1, 0.15) is 18.3 Å². The van der Waals surface area contributed by atoms with Gasteiger partial charge in [-0.2, -0.15) is 5.48 Å². The fourth-order valence-corrected chi connectivity index (χ4v) is 13.8. The largest absolute Gasteiger partial charge is 0.492 e. The van der Waals surface area contributed by atoms with E-state index in [4.69, 9.17) is 52.2 Å². The first-order valence-corrected chi connectivity index (χ1v) is 29.9. The minimum absolute atomic E-state index is 0.0188. The number of nitrogens with one attached hydrogen (secondary N) is 1. The molecule has 84 heavy (non-hydrogen) atoms. The summed E-state index contributed by atoms with van der Waals surface area (Å²) in [6.45, 7) is 13.3. The van der Waals surface area contributed by atoms with Gasteiger partial charge in [0, 0.05) is 50.7 Å². The number of hydrogen-bond acceptors (Lipinski definition) is 23. The third-order valence-electron chi connectivity index (χ3n) is 16.4. The van der Waals surface area contributed by atoms with E-state index >= 15 is 0 Å². The lowest BCUT2D eigenvalue weighted by molar-refractivity contribution is -0.314.